The Kier molecular flexibility index (Phi) is 4.50. The second-order valence-electron chi connectivity index (χ2n) is 4.52. The van der Waals surface area contributed by atoms with Crippen LogP contribution in [0.1, 0.15) is 30.1 Å². The van der Waals surface area contributed by atoms with E-state index in [0.717, 1.165) is 25.7 Å². The van der Waals surface area contributed by atoms with Gasteiger partial charge in [-0.25, -0.2) is 4.39 Å². The third-order valence-corrected chi connectivity index (χ3v) is 3.08. The minimum atomic E-state index is -0.468. The van der Waals surface area contributed by atoms with Crippen LogP contribution in [0.2, 0.25) is 0 Å². The van der Waals surface area contributed by atoms with Crippen LogP contribution in [-0.4, -0.2) is 23.2 Å². The maximum Gasteiger partial charge on any atom is 0.165 e. The van der Waals surface area contributed by atoms with E-state index in [-0.39, 0.29) is 5.75 Å². The molecule has 0 aliphatic carbocycles. The fourth-order valence-corrected chi connectivity index (χ4v) is 2.00. The molecule has 2 aromatic rings. The SMILES string of the molecule is CCCCn1cc(C=O)c(-c2ccc(OC)c(F)c2)n1. The lowest BCUT2D eigenvalue weighted by Crippen LogP contribution is -1.98. The smallest absolute Gasteiger partial charge is 0.165 e. The van der Waals surface area contributed by atoms with Crippen molar-refractivity contribution in [3.8, 4) is 17.0 Å². The Labute approximate surface area is 117 Å². The van der Waals surface area contributed by atoms with Crippen LogP contribution < -0.4 is 4.74 Å². The largest absolute Gasteiger partial charge is 0.494 e. The summed E-state index contributed by atoms with van der Waals surface area (Å²) in [5.74, 6) is -0.295. The van der Waals surface area contributed by atoms with E-state index in [4.69, 9.17) is 4.74 Å². The number of carbonyl (C=O) groups is 1. The van der Waals surface area contributed by atoms with E-state index < -0.39 is 5.82 Å². The number of benzene rings is 1. The number of ether oxygens (including phenoxy) is 1. The number of aryl methyl sites for hydroxylation is 1. The first-order valence-electron chi connectivity index (χ1n) is 6.56. The molecule has 0 radical (unpaired) electrons. The minimum Gasteiger partial charge on any atom is -0.494 e. The number of rotatable bonds is 6. The molecule has 106 valence electrons. The number of halogens is 1. The van der Waals surface area contributed by atoms with Crippen molar-refractivity contribution in [3.05, 3.63) is 35.8 Å². The number of hydrogen-bond donors (Lipinski definition) is 0. The minimum absolute atomic E-state index is 0.173. The zero-order chi connectivity index (χ0) is 14.5. The van der Waals surface area contributed by atoms with Gasteiger partial charge in [0.2, 0.25) is 0 Å². The summed E-state index contributed by atoms with van der Waals surface area (Å²) in [4.78, 5) is 11.1. The van der Waals surface area contributed by atoms with E-state index in [1.165, 1.54) is 19.2 Å². The zero-order valence-electron chi connectivity index (χ0n) is 11.6. The van der Waals surface area contributed by atoms with Crippen LogP contribution in [0.15, 0.2) is 24.4 Å². The Balaban J connectivity index is 2.38. The van der Waals surface area contributed by atoms with Crippen molar-refractivity contribution in [2.75, 3.05) is 7.11 Å². The van der Waals surface area contributed by atoms with E-state index >= 15 is 0 Å². The predicted molar refractivity (Wildman–Crippen MR) is 74.5 cm³/mol. The molecule has 4 nitrogen and oxygen atoms in total. The molecule has 0 saturated carbocycles. The van der Waals surface area contributed by atoms with Gasteiger partial charge in [-0.15, -0.1) is 0 Å². The maximum atomic E-state index is 13.7. The number of methoxy groups -OCH3 is 1. The molecule has 1 aromatic carbocycles. The average Bonchev–Trinajstić information content (AvgIpc) is 2.88. The summed E-state index contributed by atoms with van der Waals surface area (Å²) in [5, 5.41) is 4.36. The lowest BCUT2D eigenvalue weighted by Gasteiger charge is -2.04. The summed E-state index contributed by atoms with van der Waals surface area (Å²) in [6.45, 7) is 2.83. The van der Waals surface area contributed by atoms with E-state index in [1.54, 1.807) is 16.9 Å². The van der Waals surface area contributed by atoms with Crippen molar-refractivity contribution in [2.45, 2.75) is 26.3 Å². The zero-order valence-corrected chi connectivity index (χ0v) is 11.6. The Morgan fingerprint density at radius 3 is 2.85 bits per heavy atom. The van der Waals surface area contributed by atoms with Crippen LogP contribution in [0, 0.1) is 5.82 Å². The third-order valence-electron chi connectivity index (χ3n) is 3.08. The highest BCUT2D eigenvalue weighted by molar-refractivity contribution is 5.85. The monoisotopic (exact) mass is 276 g/mol. The van der Waals surface area contributed by atoms with Gasteiger partial charge in [0.25, 0.3) is 0 Å². The van der Waals surface area contributed by atoms with Gasteiger partial charge in [0.15, 0.2) is 17.9 Å². The molecule has 2 rings (SSSR count). The molecule has 0 atom stereocenters. The molecule has 1 aromatic heterocycles. The molecular weight excluding hydrogens is 259 g/mol. The van der Waals surface area contributed by atoms with E-state index in [2.05, 4.69) is 12.0 Å². The average molecular weight is 276 g/mol. The van der Waals surface area contributed by atoms with Gasteiger partial charge in [-0.1, -0.05) is 13.3 Å². The van der Waals surface area contributed by atoms with Crippen LogP contribution >= 0.6 is 0 Å². The molecule has 0 bridgehead atoms. The highest BCUT2D eigenvalue weighted by Gasteiger charge is 2.13. The van der Waals surface area contributed by atoms with E-state index in [0.29, 0.717) is 16.8 Å². The van der Waals surface area contributed by atoms with Crippen LogP contribution in [0.4, 0.5) is 4.39 Å². The lowest BCUT2D eigenvalue weighted by atomic mass is 10.1. The molecule has 0 aliphatic rings. The summed E-state index contributed by atoms with van der Waals surface area (Å²) in [6, 6.07) is 4.56. The lowest BCUT2D eigenvalue weighted by molar-refractivity contribution is 0.112. The second kappa shape index (κ2) is 6.32. The van der Waals surface area contributed by atoms with Crippen molar-refractivity contribution in [1.82, 2.24) is 9.78 Å². The van der Waals surface area contributed by atoms with Crippen molar-refractivity contribution in [3.63, 3.8) is 0 Å². The van der Waals surface area contributed by atoms with Gasteiger partial charge >= 0.3 is 0 Å². The highest BCUT2D eigenvalue weighted by Crippen LogP contribution is 2.26. The summed E-state index contributed by atoms with van der Waals surface area (Å²) < 4.78 is 20.3. The first-order valence-corrected chi connectivity index (χ1v) is 6.56. The van der Waals surface area contributed by atoms with E-state index in [1.807, 2.05) is 0 Å². The molecule has 0 unspecified atom stereocenters. The number of nitrogens with zero attached hydrogens (tertiary/aromatic N) is 2. The molecule has 0 saturated heterocycles. The molecule has 1 heterocycles. The summed E-state index contributed by atoms with van der Waals surface area (Å²) in [6.07, 6.45) is 4.46. The normalized spacial score (nSPS) is 10.6. The molecule has 0 amide bonds. The molecule has 5 heteroatoms. The van der Waals surface area contributed by atoms with Crippen LogP contribution in [0.3, 0.4) is 0 Å². The number of hydrogen-bond acceptors (Lipinski definition) is 3. The maximum absolute atomic E-state index is 13.7. The van der Waals surface area contributed by atoms with Crippen molar-refractivity contribution < 1.29 is 13.9 Å². The van der Waals surface area contributed by atoms with Crippen molar-refractivity contribution >= 4 is 6.29 Å². The van der Waals surface area contributed by atoms with Gasteiger partial charge in [-0.05, 0) is 24.6 Å². The first kappa shape index (κ1) is 14.2. The molecule has 0 N–H and O–H groups in total. The van der Waals surface area contributed by atoms with E-state index in [9.17, 15) is 9.18 Å². The molecular formula is C15H17FN2O2. The standard InChI is InChI=1S/C15H17FN2O2/c1-3-4-7-18-9-12(10-19)15(17-18)11-5-6-14(20-2)13(16)8-11/h5-6,8-10H,3-4,7H2,1-2H3. The number of unbranched alkanes of at least 4 members (excludes halogenated alkanes) is 1. The van der Waals surface area contributed by atoms with Gasteiger partial charge < -0.3 is 4.74 Å². The Hall–Kier alpha value is -2.17. The molecule has 20 heavy (non-hydrogen) atoms. The van der Waals surface area contributed by atoms with Gasteiger partial charge in [0.1, 0.15) is 5.69 Å². The quantitative estimate of drug-likeness (QED) is 0.760. The van der Waals surface area contributed by atoms with Crippen molar-refractivity contribution in [2.24, 2.45) is 0 Å². The Bertz CT molecular complexity index is 608. The van der Waals surface area contributed by atoms with Gasteiger partial charge in [0, 0.05) is 18.3 Å². The molecule has 0 aliphatic heterocycles. The van der Waals surface area contributed by atoms with Gasteiger partial charge in [-0.3, -0.25) is 9.48 Å². The number of aldehydes is 1. The number of aromatic nitrogens is 2. The summed E-state index contributed by atoms with van der Waals surface area (Å²) in [7, 11) is 1.41. The number of carbonyl (C=O) groups excluding carboxylic acids is 1. The highest BCUT2D eigenvalue weighted by atomic mass is 19.1. The molecule has 0 spiro atoms. The fourth-order valence-electron chi connectivity index (χ4n) is 2.00. The fraction of sp³-hybridized carbons (Fsp3) is 0.333. The van der Waals surface area contributed by atoms with Crippen LogP contribution in [0.25, 0.3) is 11.3 Å². The predicted octanol–water partition coefficient (Wildman–Crippen LogP) is 3.31. The van der Waals surface area contributed by atoms with Crippen LogP contribution in [0.5, 0.6) is 5.75 Å². The van der Waals surface area contributed by atoms with Crippen LogP contribution in [-0.2, 0) is 6.54 Å². The first-order chi connectivity index (χ1) is 9.69. The molecule has 0 fully saturated rings. The topological polar surface area (TPSA) is 44.1 Å². The van der Waals surface area contributed by atoms with Gasteiger partial charge in [-0.2, -0.15) is 5.10 Å². The third kappa shape index (κ3) is 2.87. The Morgan fingerprint density at radius 2 is 2.25 bits per heavy atom. The summed E-state index contributed by atoms with van der Waals surface area (Å²) in [5.41, 5.74) is 1.53. The van der Waals surface area contributed by atoms with Crippen molar-refractivity contribution in [1.29, 1.82) is 0 Å². The Morgan fingerprint density at radius 1 is 1.45 bits per heavy atom. The summed E-state index contributed by atoms with van der Waals surface area (Å²) >= 11 is 0. The van der Waals surface area contributed by atoms with Gasteiger partial charge in [0.05, 0.1) is 12.7 Å². The second-order valence-corrected chi connectivity index (χ2v) is 4.52.